The van der Waals surface area contributed by atoms with Crippen molar-refractivity contribution in [3.05, 3.63) is 51.2 Å². The van der Waals surface area contributed by atoms with Crippen molar-refractivity contribution in [3.8, 4) is 0 Å². The van der Waals surface area contributed by atoms with Crippen molar-refractivity contribution in [2.75, 3.05) is 5.32 Å². The molecule has 2 rings (SSSR count). The fraction of sp³-hybridized carbons (Fsp3) is 0.267. The molecular weight excluding hydrogens is 326 g/mol. The van der Waals surface area contributed by atoms with E-state index in [-0.39, 0.29) is 5.91 Å². The Hall–Kier alpha value is -1.17. The van der Waals surface area contributed by atoms with E-state index in [2.05, 4.69) is 5.32 Å². The van der Waals surface area contributed by atoms with E-state index in [1.54, 1.807) is 13.0 Å². The molecule has 0 fully saturated rings. The van der Waals surface area contributed by atoms with E-state index in [1.165, 1.54) is 11.3 Å². The first-order chi connectivity index (χ1) is 9.97. The quantitative estimate of drug-likeness (QED) is 0.893. The van der Waals surface area contributed by atoms with Crippen LogP contribution in [-0.2, 0) is 21.3 Å². The van der Waals surface area contributed by atoms with Crippen LogP contribution >= 0.6 is 22.9 Å². The highest BCUT2D eigenvalue weighted by atomic mass is 35.5. The Morgan fingerprint density at radius 1 is 1.33 bits per heavy atom. The fourth-order valence-corrected chi connectivity index (χ4v) is 4.15. The number of benzene rings is 1. The first kappa shape index (κ1) is 16.2. The summed E-state index contributed by atoms with van der Waals surface area (Å²) in [6.45, 7) is 3.60. The number of carbonyl (C=O) groups excluding carboxylic acids is 1. The Bertz CT molecular complexity index is 669. The molecule has 0 radical (unpaired) electrons. The average molecular weight is 342 g/mol. The zero-order chi connectivity index (χ0) is 15.4. The number of anilines is 1. The molecule has 0 bridgehead atoms. The maximum absolute atomic E-state index is 12.3. The third kappa shape index (κ3) is 4.40. The van der Waals surface area contributed by atoms with Gasteiger partial charge in [-0.05, 0) is 37.6 Å². The van der Waals surface area contributed by atoms with Gasteiger partial charge in [0.25, 0.3) is 0 Å². The van der Waals surface area contributed by atoms with Crippen molar-refractivity contribution in [2.24, 2.45) is 0 Å². The summed E-state index contributed by atoms with van der Waals surface area (Å²) < 4.78 is 12.9. The SMILES string of the molecule is Cc1ccccc1NC(=O)C(C)S(=O)Cc1ccc(Cl)s1. The molecule has 0 saturated carbocycles. The van der Waals surface area contributed by atoms with Crippen LogP contribution in [0.3, 0.4) is 0 Å². The summed E-state index contributed by atoms with van der Waals surface area (Å²) in [5.41, 5.74) is 1.74. The maximum atomic E-state index is 12.3. The van der Waals surface area contributed by atoms with Gasteiger partial charge in [0.1, 0.15) is 5.25 Å². The van der Waals surface area contributed by atoms with Gasteiger partial charge >= 0.3 is 0 Å². The van der Waals surface area contributed by atoms with Crippen LogP contribution in [0.5, 0.6) is 0 Å². The summed E-state index contributed by atoms with van der Waals surface area (Å²) in [5, 5.41) is 2.25. The first-order valence-electron chi connectivity index (χ1n) is 6.45. The van der Waals surface area contributed by atoms with Gasteiger partial charge in [-0.15, -0.1) is 11.3 Å². The van der Waals surface area contributed by atoms with Crippen molar-refractivity contribution in [1.29, 1.82) is 0 Å². The van der Waals surface area contributed by atoms with Gasteiger partial charge in [-0.3, -0.25) is 9.00 Å². The lowest BCUT2D eigenvalue weighted by Crippen LogP contribution is -2.29. The third-order valence-corrected chi connectivity index (χ3v) is 6.09. The molecule has 0 aliphatic carbocycles. The molecule has 1 amide bonds. The minimum Gasteiger partial charge on any atom is -0.325 e. The van der Waals surface area contributed by atoms with Gasteiger partial charge < -0.3 is 5.32 Å². The van der Waals surface area contributed by atoms with Gasteiger partial charge in [-0.1, -0.05) is 29.8 Å². The summed E-state index contributed by atoms with van der Waals surface area (Å²) in [7, 11) is -1.27. The molecular formula is C15H16ClNO2S2. The Morgan fingerprint density at radius 3 is 2.67 bits per heavy atom. The summed E-state index contributed by atoms with van der Waals surface area (Å²) in [6.07, 6.45) is 0. The van der Waals surface area contributed by atoms with Gasteiger partial charge in [-0.25, -0.2) is 0 Å². The van der Waals surface area contributed by atoms with Gasteiger partial charge in [-0.2, -0.15) is 0 Å². The fourth-order valence-electron chi connectivity index (χ4n) is 1.76. The second kappa shape index (κ2) is 7.20. The average Bonchev–Trinajstić information content (AvgIpc) is 2.85. The van der Waals surface area contributed by atoms with Gasteiger partial charge in [0, 0.05) is 21.4 Å². The van der Waals surface area contributed by atoms with Crippen molar-refractivity contribution in [2.45, 2.75) is 24.9 Å². The summed E-state index contributed by atoms with van der Waals surface area (Å²) >= 11 is 7.24. The van der Waals surface area contributed by atoms with Crippen LogP contribution in [0.25, 0.3) is 0 Å². The highest BCUT2D eigenvalue weighted by Gasteiger charge is 2.21. The molecule has 1 aromatic heterocycles. The number of para-hydroxylation sites is 1. The summed E-state index contributed by atoms with van der Waals surface area (Å²) in [6, 6.07) is 11.1. The van der Waals surface area contributed by atoms with Gasteiger partial charge in [0.05, 0.1) is 10.1 Å². The lowest BCUT2D eigenvalue weighted by atomic mass is 10.2. The molecule has 1 heterocycles. The zero-order valence-electron chi connectivity index (χ0n) is 11.8. The van der Waals surface area contributed by atoms with E-state index < -0.39 is 16.0 Å². The third-order valence-electron chi connectivity index (χ3n) is 3.08. The number of amides is 1. The monoisotopic (exact) mass is 341 g/mol. The van der Waals surface area contributed by atoms with Crippen LogP contribution in [0.15, 0.2) is 36.4 Å². The second-order valence-electron chi connectivity index (χ2n) is 4.68. The van der Waals surface area contributed by atoms with Gasteiger partial charge in [0.15, 0.2) is 0 Å². The van der Waals surface area contributed by atoms with E-state index in [9.17, 15) is 9.00 Å². The van der Waals surface area contributed by atoms with E-state index in [4.69, 9.17) is 11.6 Å². The number of hydrogen-bond acceptors (Lipinski definition) is 3. The molecule has 21 heavy (non-hydrogen) atoms. The number of hydrogen-bond donors (Lipinski definition) is 1. The predicted molar refractivity (Wildman–Crippen MR) is 90.4 cm³/mol. The van der Waals surface area contributed by atoms with E-state index in [0.717, 1.165) is 16.1 Å². The lowest BCUT2D eigenvalue weighted by Gasteiger charge is -2.13. The van der Waals surface area contributed by atoms with Crippen LogP contribution in [0.2, 0.25) is 4.34 Å². The first-order valence-corrected chi connectivity index (χ1v) is 9.03. The summed E-state index contributed by atoms with van der Waals surface area (Å²) in [5.74, 6) is 0.116. The molecule has 0 spiro atoms. The van der Waals surface area contributed by atoms with Gasteiger partial charge in [0.2, 0.25) is 5.91 Å². The molecule has 0 aliphatic rings. The lowest BCUT2D eigenvalue weighted by molar-refractivity contribution is -0.115. The van der Waals surface area contributed by atoms with Crippen molar-refractivity contribution >= 4 is 45.3 Å². The number of aryl methyl sites for hydroxylation is 1. The molecule has 0 saturated heterocycles. The van der Waals surface area contributed by atoms with E-state index in [1.807, 2.05) is 37.3 Å². The number of nitrogens with one attached hydrogen (secondary N) is 1. The minimum atomic E-state index is -1.27. The topological polar surface area (TPSA) is 46.2 Å². The van der Waals surface area contributed by atoms with Crippen molar-refractivity contribution in [3.63, 3.8) is 0 Å². The number of carbonyl (C=O) groups is 1. The maximum Gasteiger partial charge on any atom is 0.239 e. The normalized spacial score (nSPS) is 13.7. The highest BCUT2D eigenvalue weighted by Crippen LogP contribution is 2.23. The molecule has 1 aromatic carbocycles. The van der Waals surface area contributed by atoms with Crippen LogP contribution in [0, 0.1) is 6.92 Å². The molecule has 1 N–H and O–H groups in total. The molecule has 0 aliphatic heterocycles. The smallest absolute Gasteiger partial charge is 0.239 e. The number of rotatable bonds is 5. The minimum absolute atomic E-state index is 0.231. The number of thiophene rings is 1. The summed E-state index contributed by atoms with van der Waals surface area (Å²) in [4.78, 5) is 13.1. The van der Waals surface area contributed by atoms with E-state index in [0.29, 0.717) is 10.1 Å². The van der Waals surface area contributed by atoms with Crippen LogP contribution in [0.4, 0.5) is 5.69 Å². The van der Waals surface area contributed by atoms with Crippen LogP contribution in [0.1, 0.15) is 17.4 Å². The molecule has 2 aromatic rings. The Kier molecular flexibility index (Phi) is 5.56. The Balaban J connectivity index is 1.98. The predicted octanol–water partition coefficient (Wildman–Crippen LogP) is 3.99. The highest BCUT2D eigenvalue weighted by molar-refractivity contribution is 7.85. The standard InChI is InChI=1S/C15H16ClNO2S2/c1-10-5-3-4-6-13(10)17-15(18)11(2)21(19)9-12-7-8-14(16)20-12/h3-8,11H,9H2,1-2H3,(H,17,18). The molecule has 3 nitrogen and oxygen atoms in total. The van der Waals surface area contributed by atoms with Crippen LogP contribution in [-0.4, -0.2) is 15.4 Å². The van der Waals surface area contributed by atoms with Crippen LogP contribution < -0.4 is 5.32 Å². The zero-order valence-corrected chi connectivity index (χ0v) is 14.1. The van der Waals surface area contributed by atoms with Crippen molar-refractivity contribution < 1.29 is 9.00 Å². The second-order valence-corrected chi connectivity index (χ2v) is 8.23. The Morgan fingerprint density at radius 2 is 2.05 bits per heavy atom. The molecule has 2 unspecified atom stereocenters. The van der Waals surface area contributed by atoms with E-state index >= 15 is 0 Å². The largest absolute Gasteiger partial charge is 0.325 e. The molecule has 112 valence electrons. The molecule has 2 atom stereocenters. The molecule has 6 heteroatoms. The van der Waals surface area contributed by atoms with Crippen molar-refractivity contribution in [1.82, 2.24) is 0 Å². The number of halogens is 1. The Labute approximate surface area is 135 Å².